The quantitative estimate of drug-likeness (QED) is 0.180. The van der Waals surface area contributed by atoms with Crippen molar-refractivity contribution in [1.29, 1.82) is 0 Å². The number of rotatable bonds is 12. The van der Waals surface area contributed by atoms with Gasteiger partial charge in [-0.3, -0.25) is 9.59 Å². The summed E-state index contributed by atoms with van der Waals surface area (Å²) in [5, 5.41) is 0. The van der Waals surface area contributed by atoms with Crippen molar-refractivity contribution in [2.24, 2.45) is 5.92 Å². The summed E-state index contributed by atoms with van der Waals surface area (Å²) in [5.74, 6) is 0.575. The molecule has 4 nitrogen and oxygen atoms in total. The number of aldehydes is 1. The minimum absolute atomic E-state index is 0.203. The van der Waals surface area contributed by atoms with Crippen LogP contribution in [0.1, 0.15) is 81.4 Å². The Morgan fingerprint density at radius 1 is 0.732 bits per heavy atom. The van der Waals surface area contributed by atoms with E-state index in [0.717, 1.165) is 56.3 Å². The Morgan fingerprint density at radius 3 is 1.46 bits per heavy atom. The lowest BCUT2D eigenvalue weighted by molar-refractivity contribution is -0.115. The maximum Gasteiger partial charge on any atom is 0.158 e. The summed E-state index contributed by atoms with van der Waals surface area (Å²) in [6.45, 7) is 14.9. The monoisotopic (exact) mass is 602 g/mol. The summed E-state index contributed by atoms with van der Waals surface area (Å²) in [4.78, 5) is 22.2. The maximum absolute atomic E-state index is 11.7. The van der Waals surface area contributed by atoms with Gasteiger partial charge in [0.05, 0.1) is 13.2 Å². The summed E-state index contributed by atoms with van der Waals surface area (Å²) in [6, 6.07) is 16.1. The lowest BCUT2D eigenvalue weighted by Gasteiger charge is -2.43. The molecular formula is C35H54O4S2. The van der Waals surface area contributed by atoms with E-state index in [2.05, 4.69) is 90.8 Å². The predicted molar refractivity (Wildman–Crippen MR) is 183 cm³/mol. The molecule has 3 rings (SSSR count). The second-order valence-electron chi connectivity index (χ2n) is 13.4. The fourth-order valence-electron chi connectivity index (χ4n) is 3.33. The van der Waals surface area contributed by atoms with Crippen LogP contribution in [0.3, 0.4) is 0 Å². The minimum Gasteiger partial charge on any atom is -0.336 e. The molecule has 1 fully saturated rings. The van der Waals surface area contributed by atoms with Crippen molar-refractivity contribution in [2.75, 3.05) is 38.2 Å². The first kappa shape index (κ1) is 35.3. The Bertz CT molecular complexity index is 1130. The van der Waals surface area contributed by atoms with Crippen LogP contribution in [0.4, 0.5) is 0 Å². The molecule has 0 N–H and O–H groups in total. The van der Waals surface area contributed by atoms with Crippen LogP contribution < -0.4 is 0 Å². The predicted octanol–water partition coefficient (Wildman–Crippen LogP) is 8.85. The van der Waals surface area contributed by atoms with Gasteiger partial charge in [0.2, 0.25) is 0 Å². The van der Waals surface area contributed by atoms with E-state index in [0.29, 0.717) is 5.92 Å². The molecule has 1 saturated carbocycles. The Balaban J connectivity index is 0.000000296. The molecule has 2 aromatic rings. The molecule has 1 aliphatic carbocycles. The summed E-state index contributed by atoms with van der Waals surface area (Å²) < 4.78 is 12.6. The summed E-state index contributed by atoms with van der Waals surface area (Å²) >= 11 is 0. The molecule has 0 radical (unpaired) electrons. The fraction of sp³-hybridized carbons (Fsp3) is 0.543. The first-order valence-electron chi connectivity index (χ1n) is 14.5. The zero-order valence-corrected chi connectivity index (χ0v) is 28.8. The van der Waals surface area contributed by atoms with E-state index in [1.807, 2.05) is 30.3 Å². The maximum atomic E-state index is 11.7. The van der Waals surface area contributed by atoms with E-state index in [9.17, 15) is 9.59 Å². The van der Waals surface area contributed by atoms with Crippen molar-refractivity contribution >= 4 is 38.8 Å². The molecule has 2 aromatic carbocycles. The summed E-state index contributed by atoms with van der Waals surface area (Å²) in [7, 11) is -2.08. The third-order valence-electron chi connectivity index (χ3n) is 8.00. The van der Waals surface area contributed by atoms with E-state index in [1.54, 1.807) is 6.08 Å². The Morgan fingerprint density at radius 2 is 1.12 bits per heavy atom. The molecule has 6 heteroatoms. The molecule has 0 spiro atoms. The van der Waals surface area contributed by atoms with Gasteiger partial charge in [0.25, 0.3) is 0 Å². The number of allylic oxidation sites excluding steroid dienone is 1. The second-order valence-corrected chi connectivity index (χ2v) is 21.3. The second kappa shape index (κ2) is 15.0. The standard InChI is InChI=1S/C20H30O2S.C15H24O2S/c1-20(2,3)23(4,5)22-15-14-17-8-6-16(7-9-17)10-13-19(21)18-11-12-18;1-15(2,3)18(4,5)17-11-10-13-6-8-14(12-16)9-7-13/h6-10,13,18H,11-12,14-15H2,1-5H3;6-9,12H,10-11H2,1-5H3/b13-10+;. The summed E-state index contributed by atoms with van der Waals surface area (Å²) in [6.07, 6.45) is 17.4. The van der Waals surface area contributed by atoms with E-state index in [4.69, 9.17) is 8.37 Å². The molecule has 0 heterocycles. The first-order chi connectivity index (χ1) is 18.9. The molecule has 0 amide bonds. The lowest BCUT2D eigenvalue weighted by atomic mass is 10.1. The van der Waals surface area contributed by atoms with Gasteiger partial charge in [-0.1, -0.05) is 96.1 Å². The Kier molecular flexibility index (Phi) is 13.0. The molecule has 0 unspecified atom stereocenters. The highest BCUT2D eigenvalue weighted by Crippen LogP contribution is 2.54. The fourth-order valence-corrected chi connectivity index (χ4v) is 5.04. The van der Waals surface area contributed by atoms with Gasteiger partial charge in [-0.05, 0) is 73.5 Å². The third kappa shape index (κ3) is 12.1. The van der Waals surface area contributed by atoms with Gasteiger partial charge in [-0.2, -0.15) is 0 Å². The minimum atomic E-state index is -1.05. The molecule has 0 saturated heterocycles. The zero-order valence-electron chi connectivity index (χ0n) is 27.1. The smallest absolute Gasteiger partial charge is 0.158 e. The van der Waals surface area contributed by atoms with Crippen molar-refractivity contribution < 1.29 is 18.0 Å². The number of benzene rings is 2. The van der Waals surface area contributed by atoms with Gasteiger partial charge in [0.1, 0.15) is 6.29 Å². The topological polar surface area (TPSA) is 52.6 Å². The number of ketones is 1. The van der Waals surface area contributed by atoms with E-state index in [1.165, 1.54) is 11.1 Å². The molecule has 0 atom stereocenters. The molecule has 41 heavy (non-hydrogen) atoms. The van der Waals surface area contributed by atoms with Crippen LogP contribution in [0.15, 0.2) is 54.6 Å². The van der Waals surface area contributed by atoms with Crippen LogP contribution in [0.25, 0.3) is 6.08 Å². The van der Waals surface area contributed by atoms with Crippen LogP contribution >= 0.6 is 20.6 Å². The largest absolute Gasteiger partial charge is 0.336 e. The molecule has 0 aliphatic heterocycles. The van der Waals surface area contributed by atoms with Crippen molar-refractivity contribution in [1.82, 2.24) is 0 Å². The van der Waals surface area contributed by atoms with Gasteiger partial charge in [0, 0.05) is 21.0 Å². The molecular weight excluding hydrogens is 549 g/mol. The summed E-state index contributed by atoms with van der Waals surface area (Å²) in [5.41, 5.74) is 4.30. The average Bonchev–Trinajstić information content (AvgIpc) is 3.73. The highest BCUT2D eigenvalue weighted by molar-refractivity contribution is 8.30. The highest BCUT2D eigenvalue weighted by atomic mass is 32.3. The van der Waals surface area contributed by atoms with E-state index in [-0.39, 0.29) is 15.3 Å². The normalized spacial score (nSPS) is 15.3. The number of carbonyl (C=O) groups is 2. The third-order valence-corrected chi connectivity index (χ3v) is 15.4. The van der Waals surface area contributed by atoms with Crippen molar-refractivity contribution in [2.45, 2.75) is 76.7 Å². The van der Waals surface area contributed by atoms with Gasteiger partial charge < -0.3 is 8.37 Å². The van der Waals surface area contributed by atoms with E-state index >= 15 is 0 Å². The lowest BCUT2D eigenvalue weighted by Crippen LogP contribution is -2.25. The van der Waals surface area contributed by atoms with E-state index < -0.39 is 20.6 Å². The van der Waals surface area contributed by atoms with Crippen molar-refractivity contribution in [3.63, 3.8) is 0 Å². The highest BCUT2D eigenvalue weighted by Gasteiger charge is 2.29. The first-order valence-corrected chi connectivity index (χ1v) is 19.3. The number of hydrogen-bond donors (Lipinski definition) is 0. The number of carbonyl (C=O) groups excluding carboxylic acids is 2. The van der Waals surface area contributed by atoms with Gasteiger partial charge >= 0.3 is 0 Å². The molecule has 0 bridgehead atoms. The Hall–Kier alpha value is -1.86. The van der Waals surface area contributed by atoms with Gasteiger partial charge in [-0.25, -0.2) is 0 Å². The van der Waals surface area contributed by atoms with Gasteiger partial charge in [-0.15, -0.1) is 20.6 Å². The van der Waals surface area contributed by atoms with Crippen LogP contribution in [-0.2, 0) is 26.0 Å². The SMILES string of the molecule is CC(C)(C)S(C)(C)OCCc1ccc(/C=C/C(=O)C2CC2)cc1.CC(C)(C)S(C)(C)OCCc1ccc(C=O)cc1. The van der Waals surface area contributed by atoms with Crippen molar-refractivity contribution in [3.05, 3.63) is 76.9 Å². The van der Waals surface area contributed by atoms with Crippen LogP contribution in [0, 0.1) is 5.92 Å². The molecule has 0 aromatic heterocycles. The average molecular weight is 603 g/mol. The molecule has 1 aliphatic rings. The van der Waals surface area contributed by atoms with Gasteiger partial charge in [0.15, 0.2) is 5.78 Å². The van der Waals surface area contributed by atoms with Crippen LogP contribution in [-0.4, -0.2) is 59.8 Å². The van der Waals surface area contributed by atoms with Crippen LogP contribution in [0.2, 0.25) is 0 Å². The Labute approximate surface area is 253 Å². The van der Waals surface area contributed by atoms with Crippen molar-refractivity contribution in [3.8, 4) is 0 Å². The zero-order chi connectivity index (χ0) is 30.9. The molecule has 230 valence electrons. The number of hydrogen-bond acceptors (Lipinski definition) is 4. The van der Waals surface area contributed by atoms with Crippen LogP contribution in [0.5, 0.6) is 0 Å².